The van der Waals surface area contributed by atoms with Gasteiger partial charge in [-0.25, -0.2) is 8.42 Å². The van der Waals surface area contributed by atoms with Crippen LogP contribution in [0.15, 0.2) is 24.4 Å². The summed E-state index contributed by atoms with van der Waals surface area (Å²) >= 11 is 0. The highest BCUT2D eigenvalue weighted by Crippen LogP contribution is 2.24. The number of methoxy groups -OCH3 is 1. The summed E-state index contributed by atoms with van der Waals surface area (Å²) in [5, 5.41) is 0.840. The van der Waals surface area contributed by atoms with Gasteiger partial charge in [-0.3, -0.25) is 9.52 Å². The number of amides is 1. The molecule has 1 aromatic heterocycles. The van der Waals surface area contributed by atoms with Crippen LogP contribution in [0.25, 0.3) is 10.9 Å². The van der Waals surface area contributed by atoms with E-state index in [1.165, 1.54) is 0 Å². The molecule has 0 saturated heterocycles. The second kappa shape index (κ2) is 6.23. The predicted molar refractivity (Wildman–Crippen MR) is 89.9 cm³/mol. The summed E-state index contributed by atoms with van der Waals surface area (Å²) in [6.45, 7) is 5.42. The first-order valence-electron chi connectivity index (χ1n) is 7.27. The number of nitrogens with one attached hydrogen (secondary N) is 2. The van der Waals surface area contributed by atoms with E-state index >= 15 is 0 Å². The fraction of sp³-hybridized carbons (Fsp3) is 0.438. The average Bonchev–Trinajstić information content (AvgIpc) is 2.77. The van der Waals surface area contributed by atoms with Gasteiger partial charge in [0.05, 0.1) is 19.3 Å². The van der Waals surface area contributed by atoms with Gasteiger partial charge in [0.2, 0.25) is 15.9 Å². The third-order valence-corrected chi connectivity index (χ3v) is 5.00. The number of aromatic nitrogens is 1. The van der Waals surface area contributed by atoms with E-state index in [1.54, 1.807) is 13.3 Å². The topological polar surface area (TPSA) is 88.3 Å². The maximum Gasteiger partial charge on any atom is 0.237 e. The van der Waals surface area contributed by atoms with Crippen molar-refractivity contribution in [1.29, 1.82) is 0 Å². The average molecular weight is 338 g/mol. The van der Waals surface area contributed by atoms with E-state index in [0.29, 0.717) is 5.75 Å². The second-order valence-corrected chi connectivity index (χ2v) is 8.47. The molecule has 0 atom stereocenters. The Kier molecular flexibility index (Phi) is 4.70. The van der Waals surface area contributed by atoms with Crippen molar-refractivity contribution in [3.8, 4) is 5.75 Å². The number of carbonyl (C=O) groups excluding carboxylic acids is 1. The van der Waals surface area contributed by atoms with Gasteiger partial charge in [0.15, 0.2) is 0 Å². The lowest BCUT2D eigenvalue weighted by atomic mass is 10.0. The van der Waals surface area contributed by atoms with E-state index in [9.17, 15) is 13.2 Å². The SMILES string of the molecule is COc1ccc2[nH]cc(CC(=O)NS(=O)(=O)CC(C)(C)C)c2c1. The molecule has 6 nitrogen and oxygen atoms in total. The molecule has 0 saturated carbocycles. The first kappa shape index (κ1) is 17.3. The summed E-state index contributed by atoms with van der Waals surface area (Å²) in [7, 11) is -2.07. The Hall–Kier alpha value is -2.02. The number of carbonyl (C=O) groups is 1. The zero-order valence-electron chi connectivity index (χ0n) is 13.8. The van der Waals surface area contributed by atoms with E-state index in [2.05, 4.69) is 9.71 Å². The van der Waals surface area contributed by atoms with Crippen molar-refractivity contribution in [3.05, 3.63) is 30.0 Å². The van der Waals surface area contributed by atoms with E-state index in [0.717, 1.165) is 16.5 Å². The number of hydrogen-bond acceptors (Lipinski definition) is 4. The minimum absolute atomic E-state index is 0.0173. The summed E-state index contributed by atoms with van der Waals surface area (Å²) < 4.78 is 31.3. The van der Waals surface area contributed by atoms with Crippen molar-refractivity contribution in [2.75, 3.05) is 12.9 Å². The van der Waals surface area contributed by atoms with E-state index in [-0.39, 0.29) is 12.2 Å². The van der Waals surface area contributed by atoms with Crippen molar-refractivity contribution in [2.24, 2.45) is 5.41 Å². The van der Waals surface area contributed by atoms with Gasteiger partial charge >= 0.3 is 0 Å². The smallest absolute Gasteiger partial charge is 0.237 e. The monoisotopic (exact) mass is 338 g/mol. The number of hydrogen-bond donors (Lipinski definition) is 2. The van der Waals surface area contributed by atoms with Crippen LogP contribution in [-0.4, -0.2) is 32.2 Å². The lowest BCUT2D eigenvalue weighted by molar-refractivity contribution is -0.118. The number of fused-ring (bicyclic) bond motifs is 1. The molecule has 0 bridgehead atoms. The van der Waals surface area contributed by atoms with Crippen LogP contribution in [0.3, 0.4) is 0 Å². The van der Waals surface area contributed by atoms with Gasteiger partial charge in [-0.05, 0) is 29.2 Å². The molecule has 0 unspecified atom stereocenters. The summed E-state index contributed by atoms with van der Waals surface area (Å²) in [6, 6.07) is 5.49. The zero-order valence-corrected chi connectivity index (χ0v) is 14.6. The molecule has 2 aromatic rings. The molecule has 0 fully saturated rings. The molecule has 0 radical (unpaired) electrons. The van der Waals surface area contributed by atoms with Crippen molar-refractivity contribution in [2.45, 2.75) is 27.2 Å². The van der Waals surface area contributed by atoms with Crippen molar-refractivity contribution >= 4 is 26.8 Å². The van der Waals surface area contributed by atoms with Gasteiger partial charge < -0.3 is 9.72 Å². The molecule has 0 aliphatic heterocycles. The predicted octanol–water partition coefficient (Wildman–Crippen LogP) is 2.21. The lowest BCUT2D eigenvalue weighted by Gasteiger charge is -2.18. The number of aromatic amines is 1. The molecule has 2 rings (SSSR count). The number of sulfonamides is 1. The normalized spacial score (nSPS) is 12.3. The van der Waals surface area contributed by atoms with Crippen LogP contribution >= 0.6 is 0 Å². The highest BCUT2D eigenvalue weighted by atomic mass is 32.2. The molecule has 2 N–H and O–H groups in total. The Bertz CT molecular complexity index is 816. The van der Waals surface area contributed by atoms with E-state index in [4.69, 9.17) is 4.74 Å². The van der Waals surface area contributed by atoms with Crippen LogP contribution in [-0.2, 0) is 21.2 Å². The zero-order chi connectivity index (χ0) is 17.3. The highest BCUT2D eigenvalue weighted by molar-refractivity contribution is 7.90. The molecule has 23 heavy (non-hydrogen) atoms. The van der Waals surface area contributed by atoms with Crippen LogP contribution in [0, 0.1) is 5.41 Å². The number of rotatable bonds is 5. The van der Waals surface area contributed by atoms with Crippen LogP contribution < -0.4 is 9.46 Å². The van der Waals surface area contributed by atoms with Gasteiger partial charge in [0.25, 0.3) is 0 Å². The van der Waals surface area contributed by atoms with Crippen LogP contribution in [0.4, 0.5) is 0 Å². The Balaban J connectivity index is 2.15. The highest BCUT2D eigenvalue weighted by Gasteiger charge is 2.23. The first-order chi connectivity index (χ1) is 10.6. The summed E-state index contributed by atoms with van der Waals surface area (Å²) in [5.74, 6) is 0.0325. The largest absolute Gasteiger partial charge is 0.497 e. The Morgan fingerprint density at radius 1 is 1.30 bits per heavy atom. The quantitative estimate of drug-likeness (QED) is 0.875. The standard InChI is InChI=1S/C16H22N2O4S/c1-16(2,3)10-23(20,21)18-15(19)7-11-9-17-14-6-5-12(22-4)8-13(11)14/h5-6,8-9,17H,7,10H2,1-4H3,(H,18,19). The minimum atomic E-state index is -3.64. The van der Waals surface area contributed by atoms with Crippen molar-refractivity contribution in [1.82, 2.24) is 9.71 Å². The van der Waals surface area contributed by atoms with Crippen LogP contribution in [0.2, 0.25) is 0 Å². The molecular formula is C16H22N2O4S. The maximum atomic E-state index is 12.1. The fourth-order valence-electron chi connectivity index (χ4n) is 2.42. The summed E-state index contributed by atoms with van der Waals surface area (Å²) in [6.07, 6.45) is 1.69. The molecule has 1 aromatic carbocycles. The molecule has 1 heterocycles. The molecule has 0 aliphatic rings. The molecule has 7 heteroatoms. The number of benzene rings is 1. The van der Waals surface area contributed by atoms with E-state index in [1.807, 2.05) is 39.0 Å². The first-order valence-corrected chi connectivity index (χ1v) is 8.92. The molecule has 126 valence electrons. The Morgan fingerprint density at radius 3 is 2.61 bits per heavy atom. The lowest BCUT2D eigenvalue weighted by Crippen LogP contribution is -2.37. The van der Waals surface area contributed by atoms with Gasteiger partial charge in [0, 0.05) is 17.1 Å². The minimum Gasteiger partial charge on any atom is -0.497 e. The third kappa shape index (κ3) is 4.72. The second-order valence-electron chi connectivity index (χ2n) is 6.75. The molecular weight excluding hydrogens is 316 g/mol. The molecule has 0 spiro atoms. The van der Waals surface area contributed by atoms with Crippen molar-refractivity contribution in [3.63, 3.8) is 0 Å². The van der Waals surface area contributed by atoms with Crippen LogP contribution in [0.5, 0.6) is 5.75 Å². The molecule has 1 amide bonds. The maximum absolute atomic E-state index is 12.1. The Morgan fingerprint density at radius 2 is 2.00 bits per heavy atom. The summed E-state index contributed by atoms with van der Waals surface area (Å²) in [4.78, 5) is 15.1. The van der Waals surface area contributed by atoms with Gasteiger partial charge in [-0.15, -0.1) is 0 Å². The number of H-pyrrole nitrogens is 1. The van der Waals surface area contributed by atoms with E-state index < -0.39 is 21.3 Å². The Labute approximate surface area is 136 Å². The fourth-order valence-corrected chi connectivity index (χ4v) is 4.05. The van der Waals surface area contributed by atoms with Gasteiger partial charge in [-0.1, -0.05) is 20.8 Å². The van der Waals surface area contributed by atoms with Gasteiger partial charge in [0.1, 0.15) is 5.75 Å². The third-order valence-electron chi connectivity index (χ3n) is 3.22. The van der Waals surface area contributed by atoms with Crippen molar-refractivity contribution < 1.29 is 17.9 Å². The summed E-state index contributed by atoms with van der Waals surface area (Å²) in [5.41, 5.74) is 1.17. The molecule has 0 aliphatic carbocycles. The van der Waals surface area contributed by atoms with Crippen LogP contribution in [0.1, 0.15) is 26.3 Å². The number of ether oxygens (including phenoxy) is 1. The van der Waals surface area contributed by atoms with Gasteiger partial charge in [-0.2, -0.15) is 0 Å².